The smallest absolute Gasteiger partial charge is 0.272 e. The number of methoxy groups -OCH3 is 1. The van der Waals surface area contributed by atoms with Crippen molar-refractivity contribution in [3.05, 3.63) is 29.6 Å². The predicted molar refractivity (Wildman–Crippen MR) is 75.7 cm³/mol. The van der Waals surface area contributed by atoms with Crippen molar-refractivity contribution in [1.82, 2.24) is 15.2 Å². The van der Waals surface area contributed by atoms with Gasteiger partial charge in [-0.1, -0.05) is 0 Å². The van der Waals surface area contributed by atoms with Crippen molar-refractivity contribution >= 4 is 11.8 Å². The van der Waals surface area contributed by atoms with Gasteiger partial charge in [-0.15, -0.1) is 0 Å². The summed E-state index contributed by atoms with van der Waals surface area (Å²) in [4.78, 5) is 29.7. The average Bonchev–Trinajstić information content (AvgIpc) is 2.48. The topological polar surface area (TPSA) is 71.5 Å². The van der Waals surface area contributed by atoms with Gasteiger partial charge in [-0.05, 0) is 26.0 Å². The number of hydrogen-bond donors (Lipinski definition) is 1. The molecule has 0 aliphatic rings. The van der Waals surface area contributed by atoms with E-state index in [0.717, 1.165) is 0 Å². The molecule has 0 saturated carbocycles. The maximum absolute atomic E-state index is 12.2. The highest BCUT2D eigenvalue weighted by molar-refractivity contribution is 5.98. The van der Waals surface area contributed by atoms with E-state index in [9.17, 15) is 9.59 Å². The molecule has 0 fully saturated rings. The van der Waals surface area contributed by atoms with Crippen LogP contribution >= 0.6 is 0 Å². The van der Waals surface area contributed by atoms with Gasteiger partial charge in [0.15, 0.2) is 0 Å². The molecule has 110 valence electrons. The van der Waals surface area contributed by atoms with Crippen LogP contribution in [0.15, 0.2) is 18.3 Å². The molecule has 1 rings (SSSR count). The maximum Gasteiger partial charge on any atom is 0.272 e. The molecule has 0 radical (unpaired) electrons. The molecule has 0 atom stereocenters. The van der Waals surface area contributed by atoms with Gasteiger partial charge in [0, 0.05) is 38.5 Å². The molecular formula is C14H21N3O3. The number of amides is 2. The molecule has 1 aromatic rings. The minimum absolute atomic E-state index is 0.165. The third-order valence-corrected chi connectivity index (χ3v) is 2.88. The van der Waals surface area contributed by atoms with Gasteiger partial charge in [0.2, 0.25) is 0 Å². The van der Waals surface area contributed by atoms with E-state index in [0.29, 0.717) is 31.8 Å². The molecule has 0 bridgehead atoms. The van der Waals surface area contributed by atoms with E-state index >= 15 is 0 Å². The van der Waals surface area contributed by atoms with Crippen LogP contribution in [0.2, 0.25) is 0 Å². The largest absolute Gasteiger partial charge is 0.383 e. The van der Waals surface area contributed by atoms with E-state index in [1.165, 1.54) is 12.3 Å². The van der Waals surface area contributed by atoms with Crippen LogP contribution in [0.1, 0.15) is 34.7 Å². The van der Waals surface area contributed by atoms with Gasteiger partial charge < -0.3 is 15.0 Å². The van der Waals surface area contributed by atoms with Crippen LogP contribution in [0, 0.1) is 0 Å². The molecule has 0 aliphatic heterocycles. The van der Waals surface area contributed by atoms with Crippen molar-refractivity contribution in [2.24, 2.45) is 0 Å². The minimum atomic E-state index is -0.238. The lowest BCUT2D eigenvalue weighted by Crippen LogP contribution is -2.32. The Balaban J connectivity index is 2.79. The van der Waals surface area contributed by atoms with E-state index in [1.54, 1.807) is 18.1 Å². The van der Waals surface area contributed by atoms with Gasteiger partial charge in [-0.2, -0.15) is 0 Å². The molecule has 6 heteroatoms. The van der Waals surface area contributed by atoms with Crippen molar-refractivity contribution in [1.29, 1.82) is 0 Å². The quantitative estimate of drug-likeness (QED) is 0.754. The minimum Gasteiger partial charge on any atom is -0.383 e. The molecule has 0 aromatic carbocycles. The fourth-order valence-electron chi connectivity index (χ4n) is 1.73. The summed E-state index contributed by atoms with van der Waals surface area (Å²) >= 11 is 0. The van der Waals surface area contributed by atoms with E-state index in [4.69, 9.17) is 4.74 Å². The van der Waals surface area contributed by atoms with Crippen LogP contribution in [0.5, 0.6) is 0 Å². The first kappa shape index (κ1) is 16.1. The summed E-state index contributed by atoms with van der Waals surface area (Å²) in [6.45, 7) is 5.91. The highest BCUT2D eigenvalue weighted by atomic mass is 16.5. The molecule has 1 aromatic heterocycles. The third-order valence-electron chi connectivity index (χ3n) is 2.88. The number of nitrogens with zero attached hydrogens (tertiary/aromatic N) is 2. The standard InChI is InChI=1S/C14H21N3O3/c1-4-17(5-2)14(19)12-10-11(6-7-15-12)13(18)16-8-9-20-3/h6-7,10H,4-5,8-9H2,1-3H3,(H,16,18). The molecule has 0 aliphatic carbocycles. The molecule has 0 spiro atoms. The van der Waals surface area contributed by atoms with Gasteiger partial charge in [0.05, 0.1) is 6.61 Å². The summed E-state index contributed by atoms with van der Waals surface area (Å²) in [6.07, 6.45) is 1.47. The second kappa shape index (κ2) is 8.27. The molecule has 1 heterocycles. The monoisotopic (exact) mass is 279 g/mol. The molecule has 1 N–H and O–H groups in total. The maximum atomic E-state index is 12.2. The van der Waals surface area contributed by atoms with Crippen molar-refractivity contribution in [3.63, 3.8) is 0 Å². The van der Waals surface area contributed by atoms with Crippen molar-refractivity contribution in [2.45, 2.75) is 13.8 Å². The number of rotatable bonds is 7. The van der Waals surface area contributed by atoms with Crippen LogP contribution in [0.4, 0.5) is 0 Å². The van der Waals surface area contributed by atoms with Gasteiger partial charge in [0.1, 0.15) is 5.69 Å². The molecule has 6 nitrogen and oxygen atoms in total. The summed E-state index contributed by atoms with van der Waals surface area (Å²) in [5.74, 6) is -0.403. The molecule has 20 heavy (non-hydrogen) atoms. The van der Waals surface area contributed by atoms with E-state index < -0.39 is 0 Å². The van der Waals surface area contributed by atoms with Crippen LogP contribution in [0.3, 0.4) is 0 Å². The third kappa shape index (κ3) is 4.31. The van der Waals surface area contributed by atoms with Gasteiger partial charge in [0.25, 0.3) is 11.8 Å². The second-order valence-electron chi connectivity index (χ2n) is 4.16. The van der Waals surface area contributed by atoms with Crippen LogP contribution in [-0.4, -0.2) is 55.0 Å². The Morgan fingerprint density at radius 2 is 2.05 bits per heavy atom. The fraction of sp³-hybridized carbons (Fsp3) is 0.500. The summed E-state index contributed by atoms with van der Waals surface area (Å²) < 4.78 is 4.86. The normalized spacial score (nSPS) is 10.2. The Labute approximate surface area is 119 Å². The predicted octanol–water partition coefficient (Wildman–Crippen LogP) is 0.940. The first-order valence-corrected chi connectivity index (χ1v) is 6.66. The number of carbonyl (C=O) groups is 2. The first-order chi connectivity index (χ1) is 9.63. The number of ether oxygens (including phenoxy) is 1. The molecule has 0 saturated heterocycles. The summed E-state index contributed by atoms with van der Waals surface area (Å²) in [5, 5.41) is 2.71. The fourth-order valence-corrected chi connectivity index (χ4v) is 1.73. The number of hydrogen-bond acceptors (Lipinski definition) is 4. The highest BCUT2D eigenvalue weighted by Gasteiger charge is 2.15. The van der Waals surface area contributed by atoms with E-state index in [-0.39, 0.29) is 17.5 Å². The van der Waals surface area contributed by atoms with Crippen LogP contribution in [-0.2, 0) is 4.74 Å². The Kier molecular flexibility index (Phi) is 6.66. The molecule has 2 amide bonds. The number of aromatic nitrogens is 1. The van der Waals surface area contributed by atoms with Crippen LogP contribution < -0.4 is 5.32 Å². The van der Waals surface area contributed by atoms with Gasteiger partial charge in [-0.25, -0.2) is 0 Å². The Morgan fingerprint density at radius 1 is 1.35 bits per heavy atom. The zero-order valence-electron chi connectivity index (χ0n) is 12.2. The number of pyridine rings is 1. The summed E-state index contributed by atoms with van der Waals surface area (Å²) in [6, 6.07) is 3.10. The second-order valence-corrected chi connectivity index (χ2v) is 4.16. The highest BCUT2D eigenvalue weighted by Crippen LogP contribution is 2.05. The van der Waals surface area contributed by atoms with Gasteiger partial charge >= 0.3 is 0 Å². The lowest BCUT2D eigenvalue weighted by molar-refractivity contribution is 0.0767. The van der Waals surface area contributed by atoms with Crippen molar-refractivity contribution in [2.75, 3.05) is 33.4 Å². The Bertz CT molecular complexity index is 459. The SMILES string of the molecule is CCN(CC)C(=O)c1cc(C(=O)NCCOC)ccn1. The first-order valence-electron chi connectivity index (χ1n) is 6.66. The lowest BCUT2D eigenvalue weighted by atomic mass is 10.2. The summed E-state index contributed by atoms with van der Waals surface area (Å²) in [7, 11) is 1.57. The van der Waals surface area contributed by atoms with E-state index in [2.05, 4.69) is 10.3 Å². The van der Waals surface area contributed by atoms with E-state index in [1.807, 2.05) is 13.8 Å². The zero-order chi connectivity index (χ0) is 15.0. The number of carbonyl (C=O) groups excluding carboxylic acids is 2. The molecule has 0 unspecified atom stereocenters. The van der Waals surface area contributed by atoms with Gasteiger partial charge in [-0.3, -0.25) is 14.6 Å². The summed E-state index contributed by atoms with van der Waals surface area (Å²) in [5.41, 5.74) is 0.708. The molecular weight excluding hydrogens is 258 g/mol. The van der Waals surface area contributed by atoms with Crippen molar-refractivity contribution < 1.29 is 14.3 Å². The Morgan fingerprint density at radius 3 is 2.65 bits per heavy atom. The lowest BCUT2D eigenvalue weighted by Gasteiger charge is -2.18. The zero-order valence-corrected chi connectivity index (χ0v) is 12.2. The average molecular weight is 279 g/mol. The Hall–Kier alpha value is -1.95. The van der Waals surface area contributed by atoms with Crippen LogP contribution in [0.25, 0.3) is 0 Å². The van der Waals surface area contributed by atoms with Crippen molar-refractivity contribution in [3.8, 4) is 0 Å². The number of nitrogens with one attached hydrogen (secondary N) is 1.